The van der Waals surface area contributed by atoms with Gasteiger partial charge in [-0.1, -0.05) is 72.9 Å². The Morgan fingerprint density at radius 2 is 1.02 bits per heavy atom. The maximum atomic E-state index is 7.01. The van der Waals surface area contributed by atoms with Crippen LogP contribution in [0.3, 0.4) is 0 Å². The number of rotatable bonds is 11. The summed E-state index contributed by atoms with van der Waals surface area (Å²) in [6.45, 7) is 0. The summed E-state index contributed by atoms with van der Waals surface area (Å²) in [5.74, 6) is 3.29. The molecular weight excluding hydrogens is 1250 g/mol. The Labute approximate surface area is 534 Å². The molecule has 1 aliphatic heterocycles. The van der Waals surface area contributed by atoms with E-state index >= 15 is 0 Å². The van der Waals surface area contributed by atoms with Crippen molar-refractivity contribution in [3.8, 4) is 0 Å². The fourth-order valence-electron chi connectivity index (χ4n) is 2.05. The number of nitrogens with one attached hydrogen (secondary N) is 4. The minimum absolute atomic E-state index is 0. The Balaban J connectivity index is -0.0000000256. The number of nitrogens with zero attached hydrogens (tertiary/aromatic N) is 3. The molecule has 0 aromatic carbocycles. The summed E-state index contributed by atoms with van der Waals surface area (Å²) in [5, 5.41) is 25.8. The summed E-state index contributed by atoms with van der Waals surface area (Å²) in [4.78, 5) is 12.5. The monoisotopic (exact) mass is 1320 g/mol. The molecule has 334 valence electrons. The van der Waals surface area contributed by atoms with Crippen molar-refractivity contribution < 1.29 is 150 Å². The van der Waals surface area contributed by atoms with Crippen LogP contribution in [0.25, 0.3) is 23.4 Å². The van der Waals surface area contributed by atoms with Gasteiger partial charge >= 0.3 is 37.7 Å². The van der Waals surface area contributed by atoms with Gasteiger partial charge in [0.25, 0.3) is 0 Å². The summed E-state index contributed by atoms with van der Waals surface area (Å²) < 4.78 is 0. The van der Waals surface area contributed by atoms with Gasteiger partial charge in [-0.2, -0.15) is 25.3 Å². The fraction of sp³-hybridized carbons (Fsp3) is 0.324. The first-order chi connectivity index (χ1) is 22.2. The number of amidine groups is 3. The van der Waals surface area contributed by atoms with Gasteiger partial charge in [-0.15, -0.1) is 11.8 Å². The summed E-state index contributed by atoms with van der Waals surface area (Å²) in [5.41, 5.74) is 20.2. The Morgan fingerprint density at radius 1 is 0.695 bits per heavy atom. The Hall–Kier alpha value is 4.32. The SMILES string of the molecule is C.C.C.CS.CSSCC([NH-])=[NH2+].N=C1CCCS1.[CH3-].[CH3-].[CH3-].[CH3-].[Ca+2].[H-].[H-].[NH-]C(=[NH2+])CS.[NH-]C(=[NH2+])CSSc1ccccn1.[NH2-].[Y].[Y].[Y].[Y].c1ccc(SSc2ccccn2)nc1. The topological polar surface area (TPSA) is 244 Å². The van der Waals surface area contributed by atoms with Gasteiger partial charge < -0.3 is 54.9 Å². The van der Waals surface area contributed by atoms with Crippen LogP contribution < -0.4 is 16.2 Å². The average Bonchev–Trinajstić information content (AvgIpc) is 3.57. The molecule has 59 heavy (non-hydrogen) atoms. The van der Waals surface area contributed by atoms with Gasteiger partial charge in [-0.3, -0.25) is 22.6 Å². The van der Waals surface area contributed by atoms with Crippen molar-refractivity contribution >= 4 is 162 Å². The number of thiol groups is 2. The Kier molecular flexibility index (Phi) is 147. The third-order valence-corrected chi connectivity index (χ3v) is 11.3. The zero-order valence-corrected chi connectivity index (χ0v) is 54.2. The number of aromatic nitrogens is 3. The van der Waals surface area contributed by atoms with E-state index in [0.717, 1.165) is 26.5 Å². The Bertz CT molecular complexity index is 1180. The molecule has 1 fully saturated rings. The number of nitrogens with two attached hydrogens (primary N) is 4. The van der Waals surface area contributed by atoms with Crippen LogP contribution in [0.1, 0.15) is 38.0 Å². The van der Waals surface area contributed by atoms with Gasteiger partial charge in [0.1, 0.15) is 32.6 Å². The largest absolute Gasteiger partial charge is 2.00 e. The van der Waals surface area contributed by atoms with Gasteiger partial charge in [0.15, 0.2) is 0 Å². The van der Waals surface area contributed by atoms with Crippen molar-refractivity contribution in [3.63, 3.8) is 0 Å². The molecular formula is C34H70CaN11S9Y4-5. The average molecular weight is 1320 g/mol. The molecule has 0 unspecified atom stereocenters. The smallest absolute Gasteiger partial charge is 1.00 e. The molecule has 3 aromatic rings. The third kappa shape index (κ3) is 82.8. The molecule has 25 heteroatoms. The molecule has 0 aliphatic carbocycles. The van der Waals surface area contributed by atoms with E-state index in [2.05, 4.69) is 40.2 Å². The summed E-state index contributed by atoms with van der Waals surface area (Å²) >= 11 is 8.87. The normalized spacial score (nSPS) is 8.37. The maximum absolute atomic E-state index is 7.01. The standard InChI is InChI=1S/C10H8N2S2.C7H9N3S2.C4H7NS.C3H8N2S2.C2H6N2S.CH4S.3CH4.4CH3.Ca.H2N.4Y.2H/c1-3-7-11-9(5-1)13-14-10-6-2-4-8-12-10;8-6(9)5-11-12-7-3-1-2-4-10-7;5-4-2-1-3-6-4;1-6-7-2-3(4)5;3-2(4)1-5;1-2;;;;;;;;;;;;;;;/h1-8H;1-4H,5H2,(H3,8,9);5H,1-3H2;2H2,1H3,(H3,4,5);5H,1H2,(H3,3,4);2H,1H3;3*1H4;4*1H3;;1H2;;;;;;/q;;;;;;;;;4*-1;+2;-1;;;;;2*-1. The molecule has 1 aliphatic rings. The van der Waals surface area contributed by atoms with Crippen molar-refractivity contribution in [2.75, 3.05) is 35.5 Å². The van der Waals surface area contributed by atoms with E-state index in [-0.39, 0.29) is 247 Å². The van der Waals surface area contributed by atoms with Crippen LogP contribution in [-0.4, -0.2) is 111 Å². The maximum Gasteiger partial charge on any atom is 2.00 e. The van der Waals surface area contributed by atoms with E-state index in [0.29, 0.717) is 17.3 Å². The molecule has 0 bridgehead atoms. The number of pyridine rings is 3. The van der Waals surface area contributed by atoms with E-state index in [4.69, 9.17) is 38.8 Å². The molecule has 11 nitrogen and oxygen atoms in total. The number of hydrogen-bond acceptors (Lipinski definition) is 13. The first-order valence-electron chi connectivity index (χ1n) is 12.9. The van der Waals surface area contributed by atoms with Crippen molar-refractivity contribution in [3.05, 3.63) is 126 Å². The van der Waals surface area contributed by atoms with Crippen LogP contribution in [0.2, 0.25) is 0 Å². The van der Waals surface area contributed by atoms with E-state index in [1.54, 1.807) is 79.8 Å². The van der Waals surface area contributed by atoms with Crippen LogP contribution in [0.4, 0.5) is 0 Å². The first kappa shape index (κ1) is 105. The van der Waals surface area contributed by atoms with Crippen molar-refractivity contribution in [1.29, 1.82) is 5.41 Å². The van der Waals surface area contributed by atoms with Crippen molar-refractivity contribution in [2.45, 2.75) is 50.2 Å². The second-order valence-corrected chi connectivity index (χ2v) is 16.1. The minimum atomic E-state index is 0. The van der Waals surface area contributed by atoms with Crippen LogP contribution >= 0.6 is 102 Å². The molecule has 0 atom stereocenters. The van der Waals surface area contributed by atoms with E-state index < -0.39 is 0 Å². The first-order valence-corrected chi connectivity index (χ1v) is 22.7. The van der Waals surface area contributed by atoms with Crippen LogP contribution in [0.15, 0.2) is 88.3 Å². The van der Waals surface area contributed by atoms with E-state index in [1.807, 2.05) is 60.9 Å². The predicted octanol–water partition coefficient (Wildman–Crippen LogP) is 9.94. The molecule has 12 N–H and O–H groups in total. The van der Waals surface area contributed by atoms with E-state index in [1.165, 1.54) is 33.8 Å². The molecule has 0 spiro atoms. The number of thioether (sulfide) groups is 1. The van der Waals surface area contributed by atoms with Crippen LogP contribution in [-0.2, 0) is 131 Å². The molecule has 4 rings (SSSR count). The predicted molar refractivity (Wildman–Crippen MR) is 280 cm³/mol. The third-order valence-electron chi connectivity index (χ3n) is 3.81. The molecule has 0 saturated carbocycles. The van der Waals surface area contributed by atoms with Gasteiger partial charge in [-0.05, 0) is 99.9 Å². The van der Waals surface area contributed by atoms with Gasteiger partial charge in [0, 0.05) is 155 Å². The second-order valence-electron chi connectivity index (χ2n) is 7.55. The molecule has 0 amide bonds. The number of hydrogen-bond donors (Lipinski definition) is 6. The van der Waals surface area contributed by atoms with Gasteiger partial charge in [0.2, 0.25) is 0 Å². The van der Waals surface area contributed by atoms with E-state index in [9.17, 15) is 0 Å². The van der Waals surface area contributed by atoms with Gasteiger partial charge in [0.05, 0.1) is 16.5 Å². The fourth-order valence-corrected chi connectivity index (χ4v) is 7.36. The quantitative estimate of drug-likeness (QED) is 0.0265. The van der Waals surface area contributed by atoms with Crippen molar-refractivity contribution in [1.82, 2.24) is 15.0 Å². The zero-order chi connectivity index (χ0) is 34.8. The summed E-state index contributed by atoms with van der Waals surface area (Å²) in [7, 11) is 9.49. The second kappa shape index (κ2) is 82.4. The molecule has 4 radical (unpaired) electrons. The Morgan fingerprint density at radius 3 is 1.20 bits per heavy atom. The minimum Gasteiger partial charge on any atom is -1.00 e. The molecule has 3 aromatic heterocycles. The van der Waals surface area contributed by atoms with Crippen molar-refractivity contribution in [2.24, 2.45) is 0 Å². The summed E-state index contributed by atoms with van der Waals surface area (Å²) in [6.07, 6.45) is 11.3. The van der Waals surface area contributed by atoms with Crippen LogP contribution in [0.5, 0.6) is 0 Å². The molecule has 4 heterocycles. The van der Waals surface area contributed by atoms with Gasteiger partial charge in [-0.25, -0.2) is 15.0 Å². The van der Waals surface area contributed by atoms with Crippen LogP contribution in [0, 0.1) is 35.1 Å². The zero-order valence-electron chi connectivity index (χ0n) is 35.1. The summed E-state index contributed by atoms with van der Waals surface area (Å²) in [6, 6.07) is 17.5. The molecule has 1 saturated heterocycles.